The van der Waals surface area contributed by atoms with Crippen molar-refractivity contribution >= 4 is 9.84 Å². The molecule has 1 aromatic carbocycles. The molecule has 0 amide bonds. The van der Waals surface area contributed by atoms with Gasteiger partial charge in [0.15, 0.2) is 6.20 Å². The molecular weight excluding hydrogens is 304 g/mol. The number of rotatable bonds is 5. The lowest BCUT2D eigenvalue weighted by molar-refractivity contribution is -0.613. The maximum absolute atomic E-state index is 12.4. The maximum Gasteiger partial charge on any atom is 0.379 e. The van der Waals surface area contributed by atoms with Crippen molar-refractivity contribution in [2.75, 3.05) is 0 Å². The highest BCUT2D eigenvalue weighted by atomic mass is 32.2. The van der Waals surface area contributed by atoms with E-state index in [9.17, 15) is 22.4 Å². The normalized spacial score (nSPS) is 11.6. The van der Waals surface area contributed by atoms with Crippen molar-refractivity contribution in [3.63, 3.8) is 0 Å². The van der Waals surface area contributed by atoms with E-state index < -0.39 is 20.5 Å². The average molecular weight is 315 g/mol. The topological polar surface area (TPSA) is 70.3 Å². The van der Waals surface area contributed by atoms with Crippen molar-refractivity contribution in [1.82, 2.24) is 0 Å². The summed E-state index contributed by atoms with van der Waals surface area (Å²) in [4.78, 5) is -0.458. The fraction of sp³-hybridized carbons (Fsp3) is 0.154. The summed E-state index contributed by atoms with van der Waals surface area (Å²) in [5.74, 6) is -3.37. The first-order valence-corrected chi connectivity index (χ1v) is 7.38. The third-order valence-electron chi connectivity index (χ3n) is 2.66. The fourth-order valence-corrected chi connectivity index (χ4v) is 2.28. The predicted molar refractivity (Wildman–Crippen MR) is 69.4 cm³/mol. The number of pyridine rings is 1. The van der Waals surface area contributed by atoms with Gasteiger partial charge in [-0.25, -0.2) is 8.42 Å². The second-order valence-electron chi connectivity index (χ2n) is 4.10. The molecule has 0 unspecified atom stereocenters. The predicted octanol–water partition coefficient (Wildman–Crippen LogP) is 1.90. The van der Waals surface area contributed by atoms with Crippen molar-refractivity contribution in [3.8, 4) is 5.88 Å². The first-order chi connectivity index (χ1) is 9.91. The van der Waals surface area contributed by atoms with Crippen LogP contribution in [0.1, 0.15) is 5.56 Å². The first kappa shape index (κ1) is 15.2. The number of halogens is 2. The molecule has 0 aliphatic heterocycles. The second kappa shape index (κ2) is 6.04. The lowest BCUT2D eigenvalue weighted by atomic mass is 10.2. The Bertz CT molecular complexity index is 717. The van der Waals surface area contributed by atoms with Gasteiger partial charge in [-0.3, -0.25) is 0 Å². The molecule has 2 rings (SSSR count). The number of hydrogen-bond donors (Lipinski definition) is 0. The number of benzene rings is 1. The molecule has 0 N–H and O–H groups in total. The molecular formula is C13H11F2NO4S. The van der Waals surface area contributed by atoms with E-state index in [1.54, 1.807) is 12.1 Å². The zero-order valence-electron chi connectivity index (χ0n) is 10.6. The lowest BCUT2D eigenvalue weighted by Gasteiger charge is -2.07. The smallest absolute Gasteiger partial charge is 0.379 e. The van der Waals surface area contributed by atoms with Gasteiger partial charge in [0, 0.05) is 6.07 Å². The van der Waals surface area contributed by atoms with Crippen molar-refractivity contribution in [1.29, 1.82) is 0 Å². The molecule has 0 bridgehead atoms. The molecule has 0 aliphatic carbocycles. The highest BCUT2D eigenvalue weighted by Crippen LogP contribution is 2.19. The molecule has 21 heavy (non-hydrogen) atoms. The zero-order chi connectivity index (χ0) is 15.5. The molecule has 1 heterocycles. The Morgan fingerprint density at radius 2 is 1.81 bits per heavy atom. The van der Waals surface area contributed by atoms with Crippen molar-refractivity contribution in [2.45, 2.75) is 17.3 Å². The van der Waals surface area contributed by atoms with Gasteiger partial charge >= 0.3 is 11.6 Å². The number of aromatic nitrogens is 1. The quantitative estimate of drug-likeness (QED) is 0.624. The summed E-state index contributed by atoms with van der Waals surface area (Å²) in [7, 11) is -4.60. The fourth-order valence-electron chi connectivity index (χ4n) is 1.56. The van der Waals surface area contributed by atoms with E-state index >= 15 is 0 Å². The first-order valence-electron chi connectivity index (χ1n) is 5.83. The number of ether oxygens (including phenoxy) is 1. The van der Waals surface area contributed by atoms with Gasteiger partial charge < -0.3 is 9.94 Å². The molecule has 0 saturated heterocycles. The monoisotopic (exact) mass is 315 g/mol. The SMILES string of the molecule is O=S(=O)(c1ccc(COc2cccc[n+]2[O-])cc1)C(F)F. The standard InChI is InChI=1S/C13H11F2NO4S/c14-13(15)21(18,19)11-6-4-10(5-7-11)9-20-12-3-1-2-8-16(12)17/h1-8,13H,9H2. The van der Waals surface area contributed by atoms with E-state index in [0.717, 1.165) is 12.1 Å². The summed E-state index contributed by atoms with van der Waals surface area (Å²) in [6.07, 6.45) is 1.27. The van der Waals surface area contributed by atoms with Crippen LogP contribution < -0.4 is 9.47 Å². The van der Waals surface area contributed by atoms with E-state index in [0.29, 0.717) is 10.3 Å². The van der Waals surface area contributed by atoms with Crippen LogP contribution in [0.15, 0.2) is 53.6 Å². The maximum atomic E-state index is 12.4. The molecule has 112 valence electrons. The number of alkyl halides is 2. The van der Waals surface area contributed by atoms with E-state index in [-0.39, 0.29) is 12.5 Å². The van der Waals surface area contributed by atoms with Crippen LogP contribution in [0, 0.1) is 5.21 Å². The molecule has 8 heteroatoms. The molecule has 0 aliphatic rings. The minimum absolute atomic E-state index is 0.0151. The van der Waals surface area contributed by atoms with Crippen LogP contribution in [-0.4, -0.2) is 14.2 Å². The minimum Gasteiger partial charge on any atom is -0.616 e. The summed E-state index contributed by atoms with van der Waals surface area (Å²) in [5.41, 5.74) is 0.548. The van der Waals surface area contributed by atoms with Crippen molar-refractivity contribution < 1.29 is 26.7 Å². The molecule has 0 saturated carbocycles. The molecule has 5 nitrogen and oxygen atoms in total. The van der Waals surface area contributed by atoms with Gasteiger partial charge in [0.2, 0.25) is 9.84 Å². The Balaban J connectivity index is 2.09. The zero-order valence-corrected chi connectivity index (χ0v) is 11.5. The molecule has 0 atom stereocenters. The Morgan fingerprint density at radius 1 is 1.14 bits per heavy atom. The van der Waals surface area contributed by atoms with E-state index in [4.69, 9.17) is 4.74 Å². The molecule has 0 radical (unpaired) electrons. The van der Waals surface area contributed by atoms with Crippen LogP contribution in [0.25, 0.3) is 0 Å². The minimum atomic E-state index is -4.60. The summed E-state index contributed by atoms with van der Waals surface area (Å²) < 4.78 is 53.0. The van der Waals surface area contributed by atoms with Gasteiger partial charge in [0.05, 0.1) is 11.0 Å². The summed E-state index contributed by atoms with van der Waals surface area (Å²) in [5, 5.41) is 11.3. The highest BCUT2D eigenvalue weighted by molar-refractivity contribution is 7.91. The third kappa shape index (κ3) is 3.46. The van der Waals surface area contributed by atoms with Crippen LogP contribution >= 0.6 is 0 Å². The largest absolute Gasteiger partial charge is 0.616 e. The summed E-state index contributed by atoms with van der Waals surface area (Å²) >= 11 is 0. The van der Waals surface area contributed by atoms with E-state index in [1.165, 1.54) is 24.4 Å². The van der Waals surface area contributed by atoms with Gasteiger partial charge in [0.1, 0.15) is 6.61 Å². The molecule has 0 spiro atoms. The Labute approximate surface area is 119 Å². The van der Waals surface area contributed by atoms with Crippen molar-refractivity contribution in [3.05, 3.63) is 59.4 Å². The van der Waals surface area contributed by atoms with Crippen LogP contribution in [-0.2, 0) is 16.4 Å². The number of nitrogens with zero attached hydrogens (tertiary/aromatic N) is 1. The number of sulfone groups is 1. The molecule has 2 aromatic rings. The Hall–Kier alpha value is -2.22. The van der Waals surface area contributed by atoms with Crippen LogP contribution in [0.3, 0.4) is 0 Å². The van der Waals surface area contributed by atoms with Gasteiger partial charge in [-0.15, -0.1) is 4.73 Å². The average Bonchev–Trinajstić information content (AvgIpc) is 2.46. The van der Waals surface area contributed by atoms with E-state index in [1.807, 2.05) is 0 Å². The highest BCUT2D eigenvalue weighted by Gasteiger charge is 2.26. The summed E-state index contributed by atoms with van der Waals surface area (Å²) in [6, 6.07) is 9.52. The van der Waals surface area contributed by atoms with E-state index in [2.05, 4.69) is 0 Å². The number of hydrogen-bond acceptors (Lipinski definition) is 4. The van der Waals surface area contributed by atoms with Gasteiger partial charge in [-0.1, -0.05) is 12.1 Å². The molecule has 1 aromatic heterocycles. The third-order valence-corrected chi connectivity index (χ3v) is 4.06. The van der Waals surface area contributed by atoms with Gasteiger partial charge in [-0.2, -0.15) is 8.78 Å². The van der Waals surface area contributed by atoms with Crippen LogP contribution in [0.4, 0.5) is 8.78 Å². The van der Waals surface area contributed by atoms with Crippen LogP contribution in [0.5, 0.6) is 5.88 Å². The van der Waals surface area contributed by atoms with Crippen LogP contribution in [0.2, 0.25) is 0 Å². The molecule has 0 fully saturated rings. The second-order valence-corrected chi connectivity index (χ2v) is 6.02. The van der Waals surface area contributed by atoms with Gasteiger partial charge in [0.25, 0.3) is 0 Å². The summed E-state index contributed by atoms with van der Waals surface area (Å²) in [6.45, 7) is 0.0151. The van der Waals surface area contributed by atoms with Crippen molar-refractivity contribution in [2.24, 2.45) is 0 Å². The Morgan fingerprint density at radius 3 is 2.38 bits per heavy atom. The van der Waals surface area contributed by atoms with Gasteiger partial charge in [-0.05, 0) is 23.8 Å². The Kier molecular flexibility index (Phi) is 4.37. The lowest BCUT2D eigenvalue weighted by Crippen LogP contribution is -2.27.